The van der Waals surface area contributed by atoms with Crippen molar-refractivity contribution < 1.29 is 19.2 Å². The van der Waals surface area contributed by atoms with Gasteiger partial charge in [0.05, 0.1) is 0 Å². The lowest BCUT2D eigenvalue weighted by Crippen LogP contribution is -2.64. The maximum Gasteiger partial charge on any atom is 0.246 e. The molecular formula is C28H40N4O4. The Hall–Kier alpha value is -3.16. The van der Waals surface area contributed by atoms with Crippen molar-refractivity contribution in [3.63, 3.8) is 0 Å². The van der Waals surface area contributed by atoms with Gasteiger partial charge < -0.3 is 20.9 Å². The van der Waals surface area contributed by atoms with Crippen LogP contribution in [0, 0.1) is 0 Å². The molecule has 36 heavy (non-hydrogen) atoms. The van der Waals surface area contributed by atoms with E-state index in [0.717, 1.165) is 31.2 Å². The molecule has 196 valence electrons. The maximum absolute atomic E-state index is 13.6. The molecule has 0 aromatic heterocycles. The third-order valence-electron chi connectivity index (χ3n) is 6.96. The predicted octanol–water partition coefficient (Wildman–Crippen LogP) is 2.62. The highest BCUT2D eigenvalue weighted by molar-refractivity contribution is 5.99. The molecule has 0 bridgehead atoms. The van der Waals surface area contributed by atoms with E-state index in [4.69, 9.17) is 0 Å². The van der Waals surface area contributed by atoms with Crippen LogP contribution in [0.1, 0.15) is 71.3 Å². The Balaban J connectivity index is 1.82. The van der Waals surface area contributed by atoms with Gasteiger partial charge in [-0.15, -0.1) is 0 Å². The lowest BCUT2D eigenvalue weighted by atomic mass is 9.98. The minimum absolute atomic E-state index is 0.270. The Morgan fingerprint density at radius 2 is 1.72 bits per heavy atom. The molecule has 0 spiro atoms. The van der Waals surface area contributed by atoms with Crippen molar-refractivity contribution in [3.05, 3.63) is 48.0 Å². The Kier molecular flexibility index (Phi) is 9.67. The number of amides is 4. The molecule has 2 saturated heterocycles. The van der Waals surface area contributed by atoms with Gasteiger partial charge in [0.2, 0.25) is 23.6 Å². The molecule has 4 amide bonds. The second kappa shape index (κ2) is 12.7. The van der Waals surface area contributed by atoms with Gasteiger partial charge in [-0.2, -0.15) is 0 Å². The van der Waals surface area contributed by atoms with Crippen LogP contribution in [0.3, 0.4) is 0 Å². The normalized spacial score (nSPS) is 25.0. The first-order valence-corrected chi connectivity index (χ1v) is 13.1. The summed E-state index contributed by atoms with van der Waals surface area (Å²) in [5, 5.41) is 8.59. The van der Waals surface area contributed by atoms with E-state index in [9.17, 15) is 19.2 Å². The smallest absolute Gasteiger partial charge is 0.246 e. The molecule has 2 heterocycles. The fourth-order valence-electron chi connectivity index (χ4n) is 4.83. The minimum Gasteiger partial charge on any atom is -0.343 e. The Labute approximate surface area is 214 Å². The molecule has 2 fully saturated rings. The molecule has 8 nitrogen and oxygen atoms in total. The molecule has 8 heteroatoms. The molecule has 3 atom stereocenters. The number of unbranched alkanes of at least 4 members (excludes halogenated alkanes) is 3. The lowest BCUT2D eigenvalue weighted by molar-refractivity contribution is -0.144. The summed E-state index contributed by atoms with van der Waals surface area (Å²) in [5.41, 5.74) is -0.357. The number of allylic oxidation sites excluding steroid dienone is 2. The molecule has 3 N–H and O–H groups in total. The largest absolute Gasteiger partial charge is 0.343 e. The van der Waals surface area contributed by atoms with Crippen LogP contribution in [0.25, 0.3) is 0 Å². The summed E-state index contributed by atoms with van der Waals surface area (Å²) in [7, 11) is 0. The Morgan fingerprint density at radius 3 is 2.44 bits per heavy atom. The molecule has 0 radical (unpaired) electrons. The molecule has 1 aromatic rings. The molecular weight excluding hydrogens is 456 g/mol. The zero-order valence-electron chi connectivity index (χ0n) is 21.7. The number of benzene rings is 1. The maximum atomic E-state index is 13.6. The summed E-state index contributed by atoms with van der Waals surface area (Å²) in [6, 6.07) is 7.22. The summed E-state index contributed by atoms with van der Waals surface area (Å²) in [6.45, 7) is 5.67. The van der Waals surface area contributed by atoms with Crippen LogP contribution in [0.5, 0.6) is 0 Å². The van der Waals surface area contributed by atoms with Crippen molar-refractivity contribution in [2.75, 3.05) is 6.54 Å². The van der Waals surface area contributed by atoms with Gasteiger partial charge >= 0.3 is 0 Å². The number of hydrogen-bond acceptors (Lipinski definition) is 4. The van der Waals surface area contributed by atoms with E-state index < -0.39 is 29.6 Å². The summed E-state index contributed by atoms with van der Waals surface area (Å²) in [4.78, 5) is 55.0. The van der Waals surface area contributed by atoms with Gasteiger partial charge in [0.15, 0.2) is 0 Å². The molecule has 0 aliphatic carbocycles. The van der Waals surface area contributed by atoms with Crippen molar-refractivity contribution in [3.8, 4) is 0 Å². The third kappa shape index (κ3) is 7.18. The van der Waals surface area contributed by atoms with E-state index in [-0.39, 0.29) is 17.7 Å². The van der Waals surface area contributed by atoms with E-state index in [2.05, 4.69) is 22.0 Å². The van der Waals surface area contributed by atoms with E-state index >= 15 is 0 Å². The second-order valence-corrected chi connectivity index (χ2v) is 10.3. The van der Waals surface area contributed by atoms with Crippen molar-refractivity contribution in [2.45, 2.75) is 95.8 Å². The van der Waals surface area contributed by atoms with Gasteiger partial charge in [-0.05, 0) is 58.4 Å². The van der Waals surface area contributed by atoms with E-state index in [1.165, 1.54) is 0 Å². The summed E-state index contributed by atoms with van der Waals surface area (Å²) < 4.78 is 0. The summed E-state index contributed by atoms with van der Waals surface area (Å²) in [6.07, 6.45) is 9.84. The van der Waals surface area contributed by atoms with Crippen molar-refractivity contribution in [2.24, 2.45) is 0 Å². The quantitative estimate of drug-likeness (QED) is 0.380. The topological polar surface area (TPSA) is 108 Å². The Bertz CT molecular complexity index is 960. The third-order valence-corrected chi connectivity index (χ3v) is 6.96. The van der Waals surface area contributed by atoms with Gasteiger partial charge in [-0.1, -0.05) is 55.3 Å². The van der Waals surface area contributed by atoms with Gasteiger partial charge in [0.25, 0.3) is 0 Å². The van der Waals surface area contributed by atoms with Crippen LogP contribution in [-0.2, 0) is 25.6 Å². The van der Waals surface area contributed by atoms with Crippen LogP contribution in [0.4, 0.5) is 0 Å². The average Bonchev–Trinajstić information content (AvgIpc) is 3.34. The van der Waals surface area contributed by atoms with Crippen LogP contribution in [0.15, 0.2) is 42.5 Å². The van der Waals surface area contributed by atoms with Gasteiger partial charge in [-0.3, -0.25) is 19.2 Å². The standard InChI is InChI=1S/C28H40N4O4/c1-4-5-6-7-8-12-16-21-24(33)31-28(2,3)27(36)30-22(19-20-14-10-9-11-15-20)26(35)32-18-13-17-23(32)25(34)29-21/h4-5,9-11,14-15,21-23H,6-8,12-13,16-19H2,1-3H3,(H,29,34)(H,30,36)(H,31,33)/b5-4+/t21-,22-,23+/m0/s1. The molecule has 2 aliphatic rings. The second-order valence-electron chi connectivity index (χ2n) is 10.3. The first kappa shape index (κ1) is 27.4. The average molecular weight is 497 g/mol. The number of hydrogen-bond donors (Lipinski definition) is 3. The minimum atomic E-state index is -1.26. The van der Waals surface area contributed by atoms with Crippen LogP contribution >= 0.6 is 0 Å². The first-order chi connectivity index (χ1) is 17.2. The van der Waals surface area contributed by atoms with Crippen molar-refractivity contribution in [1.29, 1.82) is 0 Å². The molecule has 1 aromatic carbocycles. The predicted molar refractivity (Wildman–Crippen MR) is 139 cm³/mol. The monoisotopic (exact) mass is 496 g/mol. The lowest BCUT2D eigenvalue weighted by Gasteiger charge is -2.34. The Morgan fingerprint density at radius 1 is 0.972 bits per heavy atom. The molecule has 3 rings (SSSR count). The molecule has 0 saturated carbocycles. The van der Waals surface area contributed by atoms with Crippen molar-refractivity contribution in [1.82, 2.24) is 20.9 Å². The van der Waals surface area contributed by atoms with E-state index in [0.29, 0.717) is 32.2 Å². The number of nitrogens with one attached hydrogen (secondary N) is 3. The molecule has 0 unspecified atom stereocenters. The van der Waals surface area contributed by atoms with Gasteiger partial charge in [-0.25, -0.2) is 0 Å². The van der Waals surface area contributed by atoms with E-state index in [1.807, 2.05) is 43.3 Å². The van der Waals surface area contributed by atoms with E-state index in [1.54, 1.807) is 18.7 Å². The summed E-state index contributed by atoms with van der Waals surface area (Å²) in [5.74, 6) is -1.39. The number of carbonyl (C=O) groups is 4. The zero-order valence-corrected chi connectivity index (χ0v) is 21.7. The van der Waals surface area contributed by atoms with Crippen LogP contribution in [-0.4, -0.2) is 58.7 Å². The summed E-state index contributed by atoms with van der Waals surface area (Å²) >= 11 is 0. The highest BCUT2D eigenvalue weighted by Gasteiger charge is 2.42. The number of fused-ring (bicyclic) bond motifs is 1. The van der Waals surface area contributed by atoms with Gasteiger partial charge in [0.1, 0.15) is 23.7 Å². The zero-order chi connectivity index (χ0) is 26.1. The first-order valence-electron chi connectivity index (χ1n) is 13.1. The molecule has 2 aliphatic heterocycles. The number of nitrogens with zero attached hydrogens (tertiary/aromatic N) is 1. The van der Waals surface area contributed by atoms with Crippen LogP contribution < -0.4 is 16.0 Å². The highest BCUT2D eigenvalue weighted by Crippen LogP contribution is 2.21. The van der Waals surface area contributed by atoms with Gasteiger partial charge in [0, 0.05) is 13.0 Å². The SMILES string of the molecule is C/C=C/CCCCC[C@@H]1NC(=O)[C@H]2CCCN2C(=O)[C@H](Cc2ccccc2)NC(=O)C(C)(C)NC1=O. The van der Waals surface area contributed by atoms with Crippen molar-refractivity contribution >= 4 is 23.6 Å². The highest BCUT2D eigenvalue weighted by atomic mass is 16.2. The number of carbonyl (C=O) groups excluding carboxylic acids is 4. The fourth-order valence-corrected chi connectivity index (χ4v) is 4.83. The number of rotatable bonds is 8. The van der Waals surface area contributed by atoms with Crippen LogP contribution in [0.2, 0.25) is 0 Å². The fraction of sp³-hybridized carbons (Fsp3) is 0.571.